The van der Waals surface area contributed by atoms with E-state index in [1.807, 2.05) is 0 Å². The summed E-state index contributed by atoms with van der Waals surface area (Å²) in [6.07, 6.45) is 3.14. The van der Waals surface area contributed by atoms with E-state index in [9.17, 15) is 21.6 Å². The summed E-state index contributed by atoms with van der Waals surface area (Å²) in [4.78, 5) is -0.829. The minimum atomic E-state index is -4.35. The molecule has 1 aliphatic rings. The number of aromatic nitrogens is 2. The van der Waals surface area contributed by atoms with Crippen LogP contribution in [0.2, 0.25) is 0 Å². The highest BCUT2D eigenvalue weighted by Gasteiger charge is 2.29. The molecule has 10 heteroatoms. The Kier molecular flexibility index (Phi) is 6.01. The molecule has 1 saturated heterocycles. The van der Waals surface area contributed by atoms with Gasteiger partial charge in [-0.05, 0) is 42.6 Å². The summed E-state index contributed by atoms with van der Waals surface area (Å²) in [6, 6.07) is 8.90. The Bertz CT molecular complexity index is 1150. The third kappa shape index (κ3) is 4.45. The maximum Gasteiger partial charge on any atom is 0.285 e. The van der Waals surface area contributed by atoms with Crippen LogP contribution in [0.3, 0.4) is 0 Å². The van der Waals surface area contributed by atoms with Crippen molar-refractivity contribution < 1.29 is 26.3 Å². The summed E-state index contributed by atoms with van der Waals surface area (Å²) in [5.74, 6) is -2.82. The van der Waals surface area contributed by atoms with Crippen LogP contribution in [0.1, 0.15) is 17.9 Å². The van der Waals surface area contributed by atoms with Crippen molar-refractivity contribution in [3.05, 3.63) is 77.9 Å². The molecule has 1 aromatic heterocycles. The SMILES string of the molecule is O=S(=O)(c1cc(F)c(OC[C@@H]2CNCC[C@H]2c2ccc(F)cc2)cc1F)n1cccn1. The Balaban J connectivity index is 1.53. The first-order valence-corrected chi connectivity index (χ1v) is 11.1. The number of ether oxygens (including phenoxy) is 1. The summed E-state index contributed by atoms with van der Waals surface area (Å²) in [6.45, 7) is 1.45. The molecular formula is C21H20F3N3O3S. The summed E-state index contributed by atoms with van der Waals surface area (Å²) in [5.41, 5.74) is 0.948. The van der Waals surface area contributed by atoms with Crippen molar-refractivity contribution in [3.8, 4) is 5.75 Å². The Morgan fingerprint density at radius 2 is 1.90 bits per heavy atom. The number of hydrogen-bond donors (Lipinski definition) is 1. The second-order valence-electron chi connectivity index (χ2n) is 7.32. The molecule has 0 spiro atoms. The van der Waals surface area contributed by atoms with Crippen LogP contribution in [0.4, 0.5) is 13.2 Å². The fraction of sp³-hybridized carbons (Fsp3) is 0.286. The third-order valence-electron chi connectivity index (χ3n) is 5.35. The van der Waals surface area contributed by atoms with Crippen molar-refractivity contribution in [1.82, 2.24) is 14.5 Å². The Morgan fingerprint density at radius 3 is 2.61 bits per heavy atom. The lowest BCUT2D eigenvalue weighted by Crippen LogP contribution is -2.38. The Hall–Kier alpha value is -2.85. The standard InChI is InChI=1S/C21H20F3N3O3S/c22-16-4-2-14(3-5-16)17-6-8-25-12-15(17)13-30-20-10-19(24)21(11-18(20)23)31(28,29)27-9-1-7-26-27/h1-5,7,9-11,15,17,25H,6,8,12-13H2/t15-,17-/m0/s1. The van der Waals surface area contributed by atoms with E-state index in [4.69, 9.17) is 4.74 Å². The van der Waals surface area contributed by atoms with Gasteiger partial charge in [-0.2, -0.15) is 17.6 Å². The van der Waals surface area contributed by atoms with Crippen molar-refractivity contribution in [2.45, 2.75) is 17.2 Å². The molecule has 0 saturated carbocycles. The molecule has 31 heavy (non-hydrogen) atoms. The lowest BCUT2D eigenvalue weighted by atomic mass is 9.81. The largest absolute Gasteiger partial charge is 0.490 e. The quantitative estimate of drug-likeness (QED) is 0.623. The minimum absolute atomic E-state index is 0.0610. The molecule has 0 amide bonds. The first-order valence-electron chi connectivity index (χ1n) is 9.69. The van der Waals surface area contributed by atoms with Gasteiger partial charge in [0.15, 0.2) is 11.6 Å². The molecule has 0 aliphatic carbocycles. The summed E-state index contributed by atoms with van der Waals surface area (Å²) in [5, 5.41) is 6.82. The number of halogens is 3. The van der Waals surface area contributed by atoms with Crippen LogP contribution in [-0.4, -0.2) is 37.3 Å². The highest BCUT2D eigenvalue weighted by atomic mass is 32.2. The molecule has 1 fully saturated rings. The smallest absolute Gasteiger partial charge is 0.285 e. The second-order valence-corrected chi connectivity index (χ2v) is 9.08. The van der Waals surface area contributed by atoms with Gasteiger partial charge in [0.05, 0.1) is 12.8 Å². The number of benzene rings is 2. The van der Waals surface area contributed by atoms with Crippen LogP contribution < -0.4 is 10.1 Å². The molecule has 3 aromatic rings. The maximum absolute atomic E-state index is 14.6. The van der Waals surface area contributed by atoms with Gasteiger partial charge in [-0.3, -0.25) is 0 Å². The van der Waals surface area contributed by atoms with E-state index in [2.05, 4.69) is 10.4 Å². The normalized spacial score (nSPS) is 19.3. The van der Waals surface area contributed by atoms with Gasteiger partial charge in [-0.1, -0.05) is 12.1 Å². The zero-order chi connectivity index (χ0) is 22.0. The van der Waals surface area contributed by atoms with Crippen LogP contribution in [0.5, 0.6) is 5.75 Å². The van der Waals surface area contributed by atoms with E-state index in [1.165, 1.54) is 24.4 Å². The molecule has 1 N–H and O–H groups in total. The van der Waals surface area contributed by atoms with E-state index in [0.29, 0.717) is 16.7 Å². The molecule has 2 aromatic carbocycles. The molecule has 6 nitrogen and oxygen atoms in total. The number of rotatable bonds is 6. The summed E-state index contributed by atoms with van der Waals surface area (Å²) < 4.78 is 73.3. The molecule has 0 bridgehead atoms. The minimum Gasteiger partial charge on any atom is -0.490 e. The molecular weight excluding hydrogens is 431 g/mol. The molecule has 1 aliphatic heterocycles. The van der Waals surface area contributed by atoms with Gasteiger partial charge in [0.25, 0.3) is 10.0 Å². The van der Waals surface area contributed by atoms with E-state index in [0.717, 1.165) is 30.8 Å². The Morgan fingerprint density at radius 1 is 1.13 bits per heavy atom. The molecule has 2 heterocycles. The van der Waals surface area contributed by atoms with Crippen molar-refractivity contribution in [3.63, 3.8) is 0 Å². The highest BCUT2D eigenvalue weighted by molar-refractivity contribution is 7.89. The lowest BCUT2D eigenvalue weighted by molar-refractivity contribution is 0.190. The zero-order valence-electron chi connectivity index (χ0n) is 16.3. The second kappa shape index (κ2) is 8.72. The van der Waals surface area contributed by atoms with E-state index in [1.54, 1.807) is 12.1 Å². The van der Waals surface area contributed by atoms with Gasteiger partial charge in [-0.25, -0.2) is 13.2 Å². The molecule has 4 rings (SSSR count). The van der Waals surface area contributed by atoms with Gasteiger partial charge in [0.2, 0.25) is 0 Å². The number of nitrogens with zero attached hydrogens (tertiary/aromatic N) is 2. The van der Waals surface area contributed by atoms with Gasteiger partial charge >= 0.3 is 0 Å². The van der Waals surface area contributed by atoms with Gasteiger partial charge in [0, 0.05) is 30.8 Å². The van der Waals surface area contributed by atoms with Crippen molar-refractivity contribution in [2.75, 3.05) is 19.7 Å². The molecule has 164 valence electrons. The van der Waals surface area contributed by atoms with E-state index < -0.39 is 26.6 Å². The van der Waals surface area contributed by atoms with Crippen molar-refractivity contribution >= 4 is 10.0 Å². The van der Waals surface area contributed by atoms with Crippen LogP contribution in [0.15, 0.2) is 59.8 Å². The summed E-state index contributed by atoms with van der Waals surface area (Å²) >= 11 is 0. The fourth-order valence-corrected chi connectivity index (χ4v) is 4.93. The fourth-order valence-electron chi connectivity index (χ4n) is 3.76. The topological polar surface area (TPSA) is 73.2 Å². The van der Waals surface area contributed by atoms with Gasteiger partial charge in [-0.15, -0.1) is 0 Å². The van der Waals surface area contributed by atoms with Crippen LogP contribution in [0, 0.1) is 23.4 Å². The predicted molar refractivity (Wildman–Crippen MR) is 107 cm³/mol. The van der Waals surface area contributed by atoms with Crippen LogP contribution in [-0.2, 0) is 10.0 Å². The van der Waals surface area contributed by atoms with Gasteiger partial charge in [0.1, 0.15) is 16.5 Å². The monoisotopic (exact) mass is 451 g/mol. The van der Waals surface area contributed by atoms with Crippen LogP contribution >= 0.6 is 0 Å². The average Bonchev–Trinajstić information content (AvgIpc) is 3.31. The number of hydrogen-bond acceptors (Lipinski definition) is 5. The first-order chi connectivity index (χ1) is 14.9. The molecule has 0 unspecified atom stereocenters. The van der Waals surface area contributed by atoms with Crippen molar-refractivity contribution in [2.24, 2.45) is 5.92 Å². The van der Waals surface area contributed by atoms with Crippen molar-refractivity contribution in [1.29, 1.82) is 0 Å². The van der Waals surface area contributed by atoms with E-state index in [-0.39, 0.29) is 30.0 Å². The third-order valence-corrected chi connectivity index (χ3v) is 6.93. The Labute approximate surface area is 177 Å². The van der Waals surface area contributed by atoms with Gasteiger partial charge < -0.3 is 10.1 Å². The molecule has 0 radical (unpaired) electrons. The number of nitrogens with one attached hydrogen (secondary N) is 1. The maximum atomic E-state index is 14.6. The zero-order valence-corrected chi connectivity index (χ0v) is 17.2. The van der Waals surface area contributed by atoms with Crippen LogP contribution in [0.25, 0.3) is 0 Å². The summed E-state index contributed by atoms with van der Waals surface area (Å²) in [7, 11) is -4.35. The van der Waals surface area contributed by atoms with E-state index >= 15 is 0 Å². The number of piperidine rings is 1. The lowest BCUT2D eigenvalue weighted by Gasteiger charge is -2.32. The molecule has 2 atom stereocenters. The average molecular weight is 451 g/mol. The first kappa shape index (κ1) is 21.4. The predicted octanol–water partition coefficient (Wildman–Crippen LogP) is 3.31. The highest BCUT2D eigenvalue weighted by Crippen LogP contribution is 2.32.